The Balaban J connectivity index is 2.69. The summed E-state index contributed by atoms with van der Waals surface area (Å²) in [5, 5.41) is 3.01. The van der Waals surface area contributed by atoms with Gasteiger partial charge in [-0.2, -0.15) is 0 Å². The Labute approximate surface area is 110 Å². The zero-order valence-electron chi connectivity index (χ0n) is 11.1. The highest BCUT2D eigenvalue weighted by atomic mass is 32.2. The summed E-state index contributed by atoms with van der Waals surface area (Å²) in [4.78, 5) is 0.340. The van der Waals surface area contributed by atoms with Crippen LogP contribution < -0.4 is 10.0 Å². The van der Waals surface area contributed by atoms with E-state index < -0.39 is 10.0 Å². The van der Waals surface area contributed by atoms with Gasteiger partial charge in [-0.15, -0.1) is 0 Å². The number of rotatable bonds is 8. The van der Waals surface area contributed by atoms with Crippen molar-refractivity contribution in [3.63, 3.8) is 0 Å². The monoisotopic (exact) mass is 270 g/mol. The molecule has 102 valence electrons. The number of unbranched alkanes of at least 4 members (excludes halogenated alkanes) is 2. The van der Waals surface area contributed by atoms with Crippen molar-refractivity contribution >= 4 is 10.0 Å². The van der Waals surface area contributed by atoms with Crippen molar-refractivity contribution in [2.24, 2.45) is 0 Å². The molecule has 0 atom stereocenters. The van der Waals surface area contributed by atoms with Crippen LogP contribution in [0.15, 0.2) is 29.2 Å². The number of hydrogen-bond donors (Lipinski definition) is 2. The highest BCUT2D eigenvalue weighted by molar-refractivity contribution is 7.89. The van der Waals surface area contributed by atoms with Crippen molar-refractivity contribution in [1.82, 2.24) is 10.0 Å². The second-order valence-corrected chi connectivity index (χ2v) is 6.05. The van der Waals surface area contributed by atoms with Gasteiger partial charge in [0.1, 0.15) is 0 Å². The third-order valence-electron chi connectivity index (χ3n) is 2.66. The summed E-state index contributed by atoms with van der Waals surface area (Å²) in [6, 6.07) is 7.01. The van der Waals surface area contributed by atoms with Gasteiger partial charge >= 0.3 is 0 Å². The zero-order valence-corrected chi connectivity index (χ0v) is 11.9. The third kappa shape index (κ3) is 4.76. The molecule has 0 heterocycles. The molecule has 1 aromatic carbocycles. The maximum atomic E-state index is 12.0. The largest absolute Gasteiger partial charge is 0.316 e. The average Bonchev–Trinajstić information content (AvgIpc) is 2.36. The van der Waals surface area contributed by atoms with Crippen molar-refractivity contribution in [1.29, 1.82) is 0 Å². The molecular formula is C13H22N2O2S. The van der Waals surface area contributed by atoms with Crippen LogP contribution >= 0.6 is 0 Å². The van der Waals surface area contributed by atoms with Gasteiger partial charge in [-0.1, -0.05) is 31.9 Å². The first kappa shape index (κ1) is 15.1. The Bertz CT molecular complexity index is 458. The Morgan fingerprint density at radius 3 is 2.67 bits per heavy atom. The smallest absolute Gasteiger partial charge is 0.240 e. The lowest BCUT2D eigenvalue weighted by Crippen LogP contribution is -2.25. The SMILES string of the molecule is CCCCCNS(=O)(=O)c1cccc(CNC)c1. The average molecular weight is 270 g/mol. The standard InChI is InChI=1S/C13H22N2O2S/c1-3-4-5-9-15-18(16,17)13-8-6-7-12(10-13)11-14-2/h6-8,10,14-15H,3-5,9,11H2,1-2H3. The van der Waals surface area contributed by atoms with Gasteiger partial charge < -0.3 is 5.32 Å². The number of nitrogens with one attached hydrogen (secondary N) is 2. The Hall–Kier alpha value is -0.910. The normalized spacial score (nSPS) is 11.7. The van der Waals surface area contributed by atoms with Crippen LogP contribution in [-0.4, -0.2) is 22.0 Å². The summed E-state index contributed by atoms with van der Waals surface area (Å²) < 4.78 is 26.7. The number of sulfonamides is 1. The molecule has 4 nitrogen and oxygen atoms in total. The van der Waals surface area contributed by atoms with Crippen molar-refractivity contribution in [2.75, 3.05) is 13.6 Å². The summed E-state index contributed by atoms with van der Waals surface area (Å²) in [6.07, 6.45) is 3.01. The summed E-state index contributed by atoms with van der Waals surface area (Å²) >= 11 is 0. The summed E-state index contributed by atoms with van der Waals surface area (Å²) in [6.45, 7) is 3.27. The fourth-order valence-electron chi connectivity index (χ4n) is 1.69. The van der Waals surface area contributed by atoms with Crippen molar-refractivity contribution in [3.8, 4) is 0 Å². The van der Waals surface area contributed by atoms with E-state index in [2.05, 4.69) is 17.0 Å². The molecule has 18 heavy (non-hydrogen) atoms. The van der Waals surface area contributed by atoms with E-state index in [1.165, 1.54) is 0 Å². The highest BCUT2D eigenvalue weighted by Gasteiger charge is 2.13. The van der Waals surface area contributed by atoms with Crippen LogP contribution in [0.4, 0.5) is 0 Å². The van der Waals surface area contributed by atoms with Gasteiger partial charge in [0.2, 0.25) is 10.0 Å². The maximum Gasteiger partial charge on any atom is 0.240 e. The molecule has 0 amide bonds. The van der Waals surface area contributed by atoms with Gasteiger partial charge in [0.05, 0.1) is 4.90 Å². The molecule has 0 radical (unpaired) electrons. The minimum absolute atomic E-state index is 0.340. The second kappa shape index (κ2) is 7.51. The van der Waals surface area contributed by atoms with E-state index in [1.54, 1.807) is 18.2 Å². The molecule has 5 heteroatoms. The van der Waals surface area contributed by atoms with Crippen LogP contribution in [-0.2, 0) is 16.6 Å². The first-order chi connectivity index (χ1) is 8.60. The summed E-state index contributed by atoms with van der Waals surface area (Å²) in [7, 11) is -1.52. The van der Waals surface area contributed by atoms with E-state index in [1.807, 2.05) is 13.1 Å². The lowest BCUT2D eigenvalue weighted by molar-refractivity contribution is 0.576. The van der Waals surface area contributed by atoms with Crippen LogP contribution in [0.2, 0.25) is 0 Å². The first-order valence-electron chi connectivity index (χ1n) is 6.33. The first-order valence-corrected chi connectivity index (χ1v) is 7.81. The van der Waals surface area contributed by atoms with Crippen molar-refractivity contribution in [2.45, 2.75) is 37.6 Å². The fourth-order valence-corrected chi connectivity index (χ4v) is 2.84. The molecule has 0 fully saturated rings. The minimum Gasteiger partial charge on any atom is -0.316 e. The molecule has 0 aromatic heterocycles. The molecule has 0 aliphatic heterocycles. The van der Waals surface area contributed by atoms with E-state index in [9.17, 15) is 8.42 Å². The Morgan fingerprint density at radius 1 is 1.22 bits per heavy atom. The molecule has 0 saturated heterocycles. The topological polar surface area (TPSA) is 58.2 Å². The molecular weight excluding hydrogens is 248 g/mol. The third-order valence-corrected chi connectivity index (χ3v) is 4.12. The van der Waals surface area contributed by atoms with Crippen LogP contribution in [0.1, 0.15) is 31.7 Å². The molecule has 0 bridgehead atoms. The second-order valence-electron chi connectivity index (χ2n) is 4.28. The van der Waals surface area contributed by atoms with Crippen LogP contribution in [0, 0.1) is 0 Å². The van der Waals surface area contributed by atoms with Crippen molar-refractivity contribution in [3.05, 3.63) is 29.8 Å². The van der Waals surface area contributed by atoms with Gasteiger partial charge in [0.25, 0.3) is 0 Å². The molecule has 0 aliphatic carbocycles. The van der Waals surface area contributed by atoms with Crippen LogP contribution in [0.5, 0.6) is 0 Å². The molecule has 0 aliphatic rings. The lowest BCUT2D eigenvalue weighted by Gasteiger charge is -2.08. The quantitative estimate of drug-likeness (QED) is 0.709. The highest BCUT2D eigenvalue weighted by Crippen LogP contribution is 2.11. The van der Waals surface area contributed by atoms with E-state index in [-0.39, 0.29) is 0 Å². The predicted octanol–water partition coefficient (Wildman–Crippen LogP) is 1.87. The van der Waals surface area contributed by atoms with Crippen molar-refractivity contribution < 1.29 is 8.42 Å². The minimum atomic E-state index is -3.36. The fraction of sp³-hybridized carbons (Fsp3) is 0.538. The van der Waals surface area contributed by atoms with Gasteiger partial charge in [-0.3, -0.25) is 0 Å². The molecule has 2 N–H and O–H groups in total. The molecule has 0 spiro atoms. The van der Waals surface area contributed by atoms with Crippen LogP contribution in [0.3, 0.4) is 0 Å². The number of hydrogen-bond acceptors (Lipinski definition) is 3. The molecule has 1 rings (SSSR count). The van der Waals surface area contributed by atoms with Gasteiger partial charge in [0.15, 0.2) is 0 Å². The molecule has 0 saturated carbocycles. The maximum absolute atomic E-state index is 12.0. The van der Waals surface area contributed by atoms with Gasteiger partial charge in [-0.05, 0) is 31.2 Å². The number of benzene rings is 1. The predicted molar refractivity (Wildman–Crippen MR) is 73.9 cm³/mol. The van der Waals surface area contributed by atoms with E-state index in [0.29, 0.717) is 18.0 Å². The summed E-state index contributed by atoms with van der Waals surface area (Å²) in [5.41, 5.74) is 0.967. The van der Waals surface area contributed by atoms with E-state index in [0.717, 1.165) is 24.8 Å². The Kier molecular flexibility index (Phi) is 6.32. The zero-order chi connectivity index (χ0) is 13.4. The van der Waals surface area contributed by atoms with E-state index in [4.69, 9.17) is 0 Å². The lowest BCUT2D eigenvalue weighted by atomic mass is 10.2. The van der Waals surface area contributed by atoms with Gasteiger partial charge in [0, 0.05) is 13.1 Å². The Morgan fingerprint density at radius 2 is 2.00 bits per heavy atom. The van der Waals surface area contributed by atoms with Gasteiger partial charge in [-0.25, -0.2) is 13.1 Å². The summed E-state index contributed by atoms with van der Waals surface area (Å²) in [5.74, 6) is 0. The molecule has 1 aromatic rings. The van der Waals surface area contributed by atoms with Crippen LogP contribution in [0.25, 0.3) is 0 Å². The molecule has 0 unspecified atom stereocenters. The van der Waals surface area contributed by atoms with E-state index >= 15 is 0 Å².